The van der Waals surface area contributed by atoms with Gasteiger partial charge in [0.05, 0.1) is 13.2 Å². The molecule has 1 unspecified atom stereocenters. The molecule has 7 heteroatoms. The fourth-order valence-electron chi connectivity index (χ4n) is 1.59. The molecule has 1 aromatic rings. The van der Waals surface area contributed by atoms with Crippen molar-refractivity contribution in [1.29, 1.82) is 0 Å². The molecule has 0 saturated carbocycles. The lowest BCUT2D eigenvalue weighted by molar-refractivity contribution is -0.121. The normalized spacial score (nSPS) is 12.9. The second-order valence-electron chi connectivity index (χ2n) is 4.02. The molecular weight excluding hydrogens is 279 g/mol. The Morgan fingerprint density at radius 3 is 2.30 bits per heavy atom. The van der Waals surface area contributed by atoms with Crippen LogP contribution in [0.3, 0.4) is 0 Å². The smallest absolute Gasteiger partial charge is 0.350 e. The summed E-state index contributed by atoms with van der Waals surface area (Å²) in [5, 5.41) is 2.63. The van der Waals surface area contributed by atoms with E-state index in [0.717, 1.165) is 5.56 Å². The Labute approximate surface area is 119 Å². The standard InChI is InChI=1S/C13H21N2O4P/c1-3-18-20(17,19-4-2)12(14)13(16)15-10-11-8-6-5-7-9-11/h5-9,12H,3-4,10,14H2,1-2H3,(H,15,16). The van der Waals surface area contributed by atoms with Crippen LogP contribution in [0.25, 0.3) is 0 Å². The summed E-state index contributed by atoms with van der Waals surface area (Å²) in [4.78, 5) is 11.9. The number of carbonyl (C=O) groups is 1. The van der Waals surface area contributed by atoms with Gasteiger partial charge in [0.1, 0.15) is 0 Å². The van der Waals surface area contributed by atoms with Crippen molar-refractivity contribution < 1.29 is 18.4 Å². The highest BCUT2D eigenvalue weighted by atomic mass is 31.2. The molecule has 0 aromatic heterocycles. The quantitative estimate of drug-likeness (QED) is 0.715. The molecule has 0 radical (unpaired) electrons. The molecule has 1 amide bonds. The Kier molecular flexibility index (Phi) is 6.88. The Morgan fingerprint density at radius 2 is 1.80 bits per heavy atom. The molecule has 0 saturated heterocycles. The van der Waals surface area contributed by atoms with Gasteiger partial charge in [-0.1, -0.05) is 30.3 Å². The third kappa shape index (κ3) is 4.72. The van der Waals surface area contributed by atoms with E-state index < -0.39 is 19.3 Å². The molecule has 0 aliphatic heterocycles. The zero-order chi connectivity index (χ0) is 15.0. The van der Waals surface area contributed by atoms with E-state index in [1.165, 1.54) is 0 Å². The number of benzene rings is 1. The van der Waals surface area contributed by atoms with Gasteiger partial charge in [0, 0.05) is 6.54 Å². The minimum atomic E-state index is -3.62. The van der Waals surface area contributed by atoms with Crippen LogP contribution in [0.15, 0.2) is 30.3 Å². The Hall–Kier alpha value is -1.20. The van der Waals surface area contributed by atoms with Crippen molar-refractivity contribution in [1.82, 2.24) is 5.32 Å². The van der Waals surface area contributed by atoms with Crippen molar-refractivity contribution in [2.45, 2.75) is 26.2 Å². The van der Waals surface area contributed by atoms with E-state index in [4.69, 9.17) is 14.8 Å². The van der Waals surface area contributed by atoms with Gasteiger partial charge in [-0.25, -0.2) is 0 Å². The summed E-state index contributed by atoms with van der Waals surface area (Å²) in [7, 11) is -3.62. The average molecular weight is 300 g/mol. The lowest BCUT2D eigenvalue weighted by Gasteiger charge is -2.22. The summed E-state index contributed by atoms with van der Waals surface area (Å²) in [6.45, 7) is 3.97. The van der Waals surface area contributed by atoms with Gasteiger partial charge >= 0.3 is 7.60 Å². The van der Waals surface area contributed by atoms with Gasteiger partial charge in [-0.15, -0.1) is 0 Å². The second-order valence-corrected chi connectivity index (χ2v) is 6.18. The van der Waals surface area contributed by atoms with Crippen LogP contribution >= 0.6 is 7.60 Å². The topological polar surface area (TPSA) is 90.7 Å². The van der Waals surface area contributed by atoms with Crippen LogP contribution in [0.1, 0.15) is 19.4 Å². The van der Waals surface area contributed by atoms with Gasteiger partial charge in [0.15, 0.2) is 5.78 Å². The fraction of sp³-hybridized carbons (Fsp3) is 0.462. The fourth-order valence-corrected chi connectivity index (χ4v) is 3.08. The van der Waals surface area contributed by atoms with Crippen LogP contribution in [-0.4, -0.2) is 24.9 Å². The van der Waals surface area contributed by atoms with E-state index in [-0.39, 0.29) is 13.2 Å². The maximum atomic E-state index is 12.3. The largest absolute Gasteiger partial charge is 0.356 e. The highest BCUT2D eigenvalue weighted by Gasteiger charge is 2.37. The molecule has 6 nitrogen and oxygen atoms in total. The molecule has 112 valence electrons. The van der Waals surface area contributed by atoms with Crippen molar-refractivity contribution in [2.24, 2.45) is 5.73 Å². The van der Waals surface area contributed by atoms with Gasteiger partial charge in [0.2, 0.25) is 5.91 Å². The lowest BCUT2D eigenvalue weighted by atomic mass is 10.2. The Morgan fingerprint density at radius 1 is 1.25 bits per heavy atom. The van der Waals surface area contributed by atoms with Crippen LogP contribution in [-0.2, 0) is 25.0 Å². The molecule has 3 N–H and O–H groups in total. The summed E-state index contributed by atoms with van der Waals surface area (Å²) in [5.74, 6) is -1.88. The molecule has 0 aliphatic carbocycles. The molecule has 0 fully saturated rings. The lowest BCUT2D eigenvalue weighted by Crippen LogP contribution is -2.41. The SMILES string of the molecule is CCOP(=O)(OCC)C(N)C(=O)NCc1ccccc1. The van der Waals surface area contributed by atoms with Crippen molar-refractivity contribution in [2.75, 3.05) is 13.2 Å². The summed E-state index contributed by atoms with van der Waals surface area (Å²) in [5.41, 5.74) is 6.63. The zero-order valence-corrected chi connectivity index (χ0v) is 12.6. The predicted octanol–water partition coefficient (Wildman–Crippen LogP) is 1.85. The van der Waals surface area contributed by atoms with E-state index in [2.05, 4.69) is 5.32 Å². The Bertz CT molecular complexity index is 457. The highest BCUT2D eigenvalue weighted by Crippen LogP contribution is 2.50. The van der Waals surface area contributed by atoms with Crippen molar-refractivity contribution in [3.8, 4) is 0 Å². The van der Waals surface area contributed by atoms with Crippen LogP contribution in [0.2, 0.25) is 0 Å². The molecule has 0 spiro atoms. The second kappa shape index (κ2) is 8.17. The number of carbonyl (C=O) groups excluding carboxylic acids is 1. The number of nitrogens with one attached hydrogen (secondary N) is 1. The minimum Gasteiger partial charge on any atom is -0.350 e. The van der Waals surface area contributed by atoms with Crippen molar-refractivity contribution >= 4 is 13.5 Å². The summed E-state index contributed by atoms with van der Waals surface area (Å²) in [6.07, 6.45) is 0. The van der Waals surface area contributed by atoms with E-state index in [1.807, 2.05) is 30.3 Å². The summed E-state index contributed by atoms with van der Waals surface area (Å²) < 4.78 is 22.4. The molecule has 1 rings (SSSR count). The van der Waals surface area contributed by atoms with E-state index in [9.17, 15) is 9.36 Å². The van der Waals surface area contributed by atoms with Gasteiger partial charge in [-0.2, -0.15) is 0 Å². The maximum absolute atomic E-state index is 12.3. The van der Waals surface area contributed by atoms with E-state index >= 15 is 0 Å². The number of hydrogen-bond acceptors (Lipinski definition) is 5. The molecule has 0 bridgehead atoms. The first-order valence-electron chi connectivity index (χ1n) is 6.49. The first-order valence-corrected chi connectivity index (χ1v) is 8.10. The minimum absolute atomic E-state index is 0.164. The summed E-state index contributed by atoms with van der Waals surface area (Å²) in [6, 6.07) is 9.36. The third-order valence-corrected chi connectivity index (χ3v) is 4.69. The number of amides is 1. The number of rotatable bonds is 8. The Balaban J connectivity index is 2.63. The van der Waals surface area contributed by atoms with Gasteiger partial charge in [-0.3, -0.25) is 9.36 Å². The first-order chi connectivity index (χ1) is 9.53. The first kappa shape index (κ1) is 16.9. The molecule has 0 heterocycles. The van der Waals surface area contributed by atoms with E-state index in [0.29, 0.717) is 6.54 Å². The van der Waals surface area contributed by atoms with Crippen LogP contribution in [0.5, 0.6) is 0 Å². The van der Waals surface area contributed by atoms with Gasteiger partial charge in [-0.05, 0) is 19.4 Å². The molecule has 20 heavy (non-hydrogen) atoms. The average Bonchev–Trinajstić information content (AvgIpc) is 2.45. The summed E-state index contributed by atoms with van der Waals surface area (Å²) >= 11 is 0. The van der Waals surface area contributed by atoms with Crippen molar-refractivity contribution in [3.05, 3.63) is 35.9 Å². The van der Waals surface area contributed by atoms with Crippen molar-refractivity contribution in [3.63, 3.8) is 0 Å². The molecular formula is C13H21N2O4P. The third-order valence-electron chi connectivity index (χ3n) is 2.54. The predicted molar refractivity (Wildman–Crippen MR) is 77.1 cm³/mol. The number of hydrogen-bond donors (Lipinski definition) is 2. The van der Waals surface area contributed by atoms with Crippen LogP contribution in [0, 0.1) is 0 Å². The van der Waals surface area contributed by atoms with Gasteiger partial charge < -0.3 is 20.1 Å². The monoisotopic (exact) mass is 300 g/mol. The van der Waals surface area contributed by atoms with Crippen LogP contribution in [0.4, 0.5) is 0 Å². The maximum Gasteiger partial charge on any atom is 0.356 e. The zero-order valence-electron chi connectivity index (χ0n) is 11.7. The molecule has 1 atom stereocenters. The van der Waals surface area contributed by atoms with E-state index in [1.54, 1.807) is 13.8 Å². The number of nitrogens with two attached hydrogens (primary N) is 1. The van der Waals surface area contributed by atoms with Gasteiger partial charge in [0.25, 0.3) is 0 Å². The molecule has 1 aromatic carbocycles. The molecule has 0 aliphatic rings. The van der Waals surface area contributed by atoms with Crippen LogP contribution < -0.4 is 11.1 Å². The highest BCUT2D eigenvalue weighted by molar-refractivity contribution is 7.55.